The molecule has 0 radical (unpaired) electrons. The summed E-state index contributed by atoms with van der Waals surface area (Å²) >= 11 is 11.7. The highest BCUT2D eigenvalue weighted by Gasteiger charge is 2.13. The summed E-state index contributed by atoms with van der Waals surface area (Å²) in [5.74, 6) is 0.304. The highest BCUT2D eigenvalue weighted by Crippen LogP contribution is 2.34. The van der Waals surface area contributed by atoms with Gasteiger partial charge < -0.3 is 4.74 Å². The van der Waals surface area contributed by atoms with Gasteiger partial charge in [-0.2, -0.15) is 0 Å². The van der Waals surface area contributed by atoms with Crippen molar-refractivity contribution in [1.29, 1.82) is 0 Å². The Morgan fingerprint density at radius 1 is 1.10 bits per heavy atom. The molecule has 0 spiro atoms. The predicted molar refractivity (Wildman–Crippen MR) is 75.0 cm³/mol. The van der Waals surface area contributed by atoms with Gasteiger partial charge in [-0.25, -0.2) is 0 Å². The summed E-state index contributed by atoms with van der Waals surface area (Å²) in [4.78, 5) is 21.1. The second-order valence-corrected chi connectivity index (χ2v) is 4.62. The van der Waals surface area contributed by atoms with Crippen molar-refractivity contribution in [2.24, 2.45) is 0 Å². The molecule has 2 rings (SSSR count). The first-order valence-electron chi connectivity index (χ1n) is 5.38. The van der Waals surface area contributed by atoms with Gasteiger partial charge in [0, 0.05) is 11.1 Å². The van der Waals surface area contributed by atoms with Crippen molar-refractivity contribution in [2.75, 3.05) is 0 Å². The highest BCUT2D eigenvalue weighted by molar-refractivity contribution is 6.32. The molecule has 0 fully saturated rings. The summed E-state index contributed by atoms with van der Waals surface area (Å²) in [5.41, 5.74) is 0.0612. The Hall–Kier alpha value is -2.11. The molecule has 20 heavy (non-hydrogen) atoms. The highest BCUT2D eigenvalue weighted by atomic mass is 35.5. The number of aldehydes is 1. The lowest BCUT2D eigenvalue weighted by molar-refractivity contribution is -0.384. The van der Waals surface area contributed by atoms with Gasteiger partial charge in [0.1, 0.15) is 5.75 Å². The Morgan fingerprint density at radius 3 is 2.50 bits per heavy atom. The second-order valence-electron chi connectivity index (χ2n) is 3.77. The maximum Gasteiger partial charge on any atom is 0.273 e. The zero-order valence-electron chi connectivity index (χ0n) is 9.88. The molecule has 0 bridgehead atoms. The van der Waals surface area contributed by atoms with Crippen molar-refractivity contribution in [2.45, 2.75) is 0 Å². The zero-order chi connectivity index (χ0) is 14.7. The van der Waals surface area contributed by atoms with Crippen LogP contribution in [0.2, 0.25) is 10.0 Å². The number of carbonyl (C=O) groups excluding carboxylic acids is 1. The van der Waals surface area contributed by atoms with Crippen LogP contribution in [-0.2, 0) is 0 Å². The normalized spacial score (nSPS) is 10.1. The van der Waals surface area contributed by atoms with Gasteiger partial charge in [0.05, 0.1) is 21.6 Å². The van der Waals surface area contributed by atoms with Gasteiger partial charge in [-0.1, -0.05) is 23.2 Å². The second kappa shape index (κ2) is 5.90. The van der Waals surface area contributed by atoms with Crippen LogP contribution in [0.25, 0.3) is 0 Å². The maximum atomic E-state index is 10.9. The van der Waals surface area contributed by atoms with Crippen molar-refractivity contribution in [3.8, 4) is 11.5 Å². The first-order valence-corrected chi connectivity index (χ1v) is 6.13. The van der Waals surface area contributed by atoms with Crippen molar-refractivity contribution >= 4 is 35.2 Å². The average molecular weight is 312 g/mol. The van der Waals surface area contributed by atoms with Crippen LogP contribution >= 0.6 is 23.2 Å². The van der Waals surface area contributed by atoms with Gasteiger partial charge in [-0.15, -0.1) is 0 Å². The molecule has 0 aliphatic heterocycles. The predicted octanol–water partition coefficient (Wildman–Crippen LogP) is 4.51. The average Bonchev–Trinajstić information content (AvgIpc) is 2.42. The van der Waals surface area contributed by atoms with E-state index in [9.17, 15) is 14.9 Å². The third-order valence-corrected chi connectivity index (χ3v) is 2.99. The van der Waals surface area contributed by atoms with Crippen LogP contribution in [0.4, 0.5) is 5.69 Å². The number of ether oxygens (including phenoxy) is 1. The van der Waals surface area contributed by atoms with Crippen molar-refractivity contribution in [3.05, 3.63) is 62.1 Å². The Balaban J connectivity index is 2.41. The fourth-order valence-electron chi connectivity index (χ4n) is 1.51. The van der Waals surface area contributed by atoms with Crippen molar-refractivity contribution in [1.82, 2.24) is 0 Å². The lowest BCUT2D eigenvalue weighted by atomic mass is 10.2. The van der Waals surface area contributed by atoms with E-state index in [1.807, 2.05) is 0 Å². The molecule has 2 aromatic carbocycles. The SMILES string of the molecule is O=Cc1cc(Cl)ccc1Oc1cc([N+](=O)[O-])ccc1Cl. The number of halogens is 2. The monoisotopic (exact) mass is 311 g/mol. The van der Waals surface area contributed by atoms with Crippen LogP contribution in [0.3, 0.4) is 0 Å². The lowest BCUT2D eigenvalue weighted by Crippen LogP contribution is -1.93. The fraction of sp³-hybridized carbons (Fsp3) is 0. The lowest BCUT2D eigenvalue weighted by Gasteiger charge is -2.09. The number of hydrogen-bond acceptors (Lipinski definition) is 4. The van der Waals surface area contributed by atoms with E-state index >= 15 is 0 Å². The third-order valence-electron chi connectivity index (χ3n) is 2.44. The van der Waals surface area contributed by atoms with Gasteiger partial charge in [0.15, 0.2) is 12.0 Å². The van der Waals surface area contributed by atoms with Crippen LogP contribution in [-0.4, -0.2) is 11.2 Å². The van der Waals surface area contributed by atoms with E-state index in [0.29, 0.717) is 11.3 Å². The first kappa shape index (κ1) is 14.3. The van der Waals surface area contributed by atoms with Gasteiger partial charge in [-0.05, 0) is 24.3 Å². The molecular formula is C13H7Cl2NO4. The number of nitro groups is 1. The Labute approximate surface area is 123 Å². The van der Waals surface area contributed by atoms with Gasteiger partial charge >= 0.3 is 0 Å². The molecule has 0 saturated heterocycles. The summed E-state index contributed by atoms with van der Waals surface area (Å²) in [5, 5.41) is 11.3. The number of non-ortho nitro benzene ring substituents is 1. The minimum Gasteiger partial charge on any atom is -0.455 e. The molecule has 0 N–H and O–H groups in total. The summed E-state index contributed by atoms with van der Waals surface area (Å²) in [7, 11) is 0. The Kier molecular flexibility index (Phi) is 4.22. The van der Waals surface area contributed by atoms with Crippen molar-refractivity contribution < 1.29 is 14.5 Å². The van der Waals surface area contributed by atoms with E-state index in [0.717, 1.165) is 0 Å². The van der Waals surface area contributed by atoms with Crippen LogP contribution < -0.4 is 4.74 Å². The molecular weight excluding hydrogens is 305 g/mol. The molecule has 0 saturated carbocycles. The van der Waals surface area contributed by atoms with E-state index < -0.39 is 4.92 Å². The van der Waals surface area contributed by atoms with E-state index in [2.05, 4.69) is 0 Å². The fourth-order valence-corrected chi connectivity index (χ4v) is 1.84. The Bertz CT molecular complexity index is 688. The summed E-state index contributed by atoms with van der Waals surface area (Å²) in [6.07, 6.45) is 0.576. The molecule has 0 aliphatic rings. The smallest absolute Gasteiger partial charge is 0.273 e. The van der Waals surface area contributed by atoms with E-state index in [1.54, 1.807) is 0 Å². The topological polar surface area (TPSA) is 69.4 Å². The molecule has 0 amide bonds. The first-order chi connectivity index (χ1) is 9.51. The standard InChI is InChI=1S/C13H7Cl2NO4/c14-9-1-4-12(8(5-9)7-17)20-13-6-10(16(18)19)2-3-11(13)15/h1-7H. The summed E-state index contributed by atoms with van der Waals surface area (Å²) < 4.78 is 5.45. The van der Waals surface area contributed by atoms with Crippen LogP contribution in [0.5, 0.6) is 11.5 Å². The van der Waals surface area contributed by atoms with E-state index in [-0.39, 0.29) is 27.8 Å². The quantitative estimate of drug-likeness (QED) is 0.473. The van der Waals surface area contributed by atoms with Crippen molar-refractivity contribution in [3.63, 3.8) is 0 Å². The molecule has 7 heteroatoms. The number of hydrogen-bond donors (Lipinski definition) is 0. The maximum absolute atomic E-state index is 10.9. The molecule has 0 atom stereocenters. The number of nitro benzene ring substituents is 1. The number of carbonyl (C=O) groups is 1. The molecule has 2 aromatic rings. The molecule has 0 heterocycles. The largest absolute Gasteiger partial charge is 0.455 e. The molecule has 0 aromatic heterocycles. The van der Waals surface area contributed by atoms with Gasteiger partial charge in [0.2, 0.25) is 0 Å². The third kappa shape index (κ3) is 3.07. The Morgan fingerprint density at radius 2 is 1.85 bits per heavy atom. The molecule has 0 aliphatic carbocycles. The number of benzene rings is 2. The number of nitrogens with zero attached hydrogens (tertiary/aromatic N) is 1. The molecule has 102 valence electrons. The summed E-state index contributed by atoms with van der Waals surface area (Å²) in [6.45, 7) is 0. The van der Waals surface area contributed by atoms with E-state index in [1.165, 1.54) is 36.4 Å². The minimum absolute atomic E-state index is 0.0892. The zero-order valence-corrected chi connectivity index (χ0v) is 11.4. The van der Waals surface area contributed by atoms with Crippen LogP contribution in [0, 0.1) is 10.1 Å². The van der Waals surface area contributed by atoms with Crippen LogP contribution in [0.1, 0.15) is 10.4 Å². The minimum atomic E-state index is -0.564. The number of rotatable bonds is 4. The molecule has 5 nitrogen and oxygen atoms in total. The van der Waals surface area contributed by atoms with E-state index in [4.69, 9.17) is 27.9 Å². The van der Waals surface area contributed by atoms with Gasteiger partial charge in [0.25, 0.3) is 5.69 Å². The van der Waals surface area contributed by atoms with Crippen LogP contribution in [0.15, 0.2) is 36.4 Å². The summed E-state index contributed by atoms with van der Waals surface area (Å²) in [6, 6.07) is 8.25. The van der Waals surface area contributed by atoms with Gasteiger partial charge in [-0.3, -0.25) is 14.9 Å². The molecule has 0 unspecified atom stereocenters.